The number of carboxylic acid groups (broad SMARTS) is 2. The van der Waals surface area contributed by atoms with Gasteiger partial charge in [0.1, 0.15) is 36.1 Å². The Bertz CT molecular complexity index is 1090. The van der Waals surface area contributed by atoms with Crippen molar-refractivity contribution in [2.24, 2.45) is 11.5 Å². The molecule has 3 heterocycles. The number of rotatable bonds is 17. The largest absolute Gasteiger partial charge is 0.480 e. The van der Waals surface area contributed by atoms with E-state index in [-0.39, 0.29) is 24.7 Å². The molecule has 16 heteroatoms. The summed E-state index contributed by atoms with van der Waals surface area (Å²) in [6.45, 7) is 1.83. The first-order chi connectivity index (χ1) is 18.6. The number of aliphatic hydroxyl groups is 2. The number of aliphatic carboxylic acids is 2. The zero-order chi connectivity index (χ0) is 28.5. The molecule has 0 amide bonds. The summed E-state index contributed by atoms with van der Waals surface area (Å²) >= 11 is 0. The van der Waals surface area contributed by atoms with Crippen molar-refractivity contribution >= 4 is 28.9 Å². The molecule has 1 unspecified atom stereocenters. The van der Waals surface area contributed by atoms with Gasteiger partial charge in [0.05, 0.1) is 12.4 Å². The summed E-state index contributed by atoms with van der Waals surface area (Å²) in [6.07, 6.45) is 1.29. The van der Waals surface area contributed by atoms with Crippen molar-refractivity contribution in [3.05, 3.63) is 12.7 Å². The molecule has 39 heavy (non-hydrogen) atoms. The van der Waals surface area contributed by atoms with Gasteiger partial charge in [-0.1, -0.05) is 6.42 Å². The van der Waals surface area contributed by atoms with E-state index < -0.39 is 48.6 Å². The molecule has 1 aliphatic rings. The number of carbonyl (C=O) groups is 2. The number of imidazole rings is 1. The third-order valence-corrected chi connectivity index (χ3v) is 6.83. The fraction of sp³-hybridized carbons (Fsp3) is 0.696. The van der Waals surface area contributed by atoms with Crippen LogP contribution in [0.3, 0.4) is 0 Å². The van der Waals surface area contributed by atoms with Crippen LogP contribution in [0.15, 0.2) is 12.7 Å². The van der Waals surface area contributed by atoms with Crippen molar-refractivity contribution in [3.8, 4) is 0 Å². The summed E-state index contributed by atoms with van der Waals surface area (Å²) in [5.41, 5.74) is 17.8. The predicted molar refractivity (Wildman–Crippen MR) is 139 cm³/mol. The van der Waals surface area contributed by atoms with E-state index in [0.29, 0.717) is 50.1 Å². The van der Waals surface area contributed by atoms with E-state index in [2.05, 4.69) is 25.6 Å². The average Bonchev–Trinajstić information content (AvgIpc) is 3.45. The molecule has 2 aromatic rings. The number of aliphatic hydroxyl groups excluding tert-OH is 2. The Labute approximate surface area is 224 Å². The van der Waals surface area contributed by atoms with Crippen LogP contribution in [0, 0.1) is 0 Å². The fourth-order valence-corrected chi connectivity index (χ4v) is 4.53. The molecule has 0 saturated carbocycles. The Morgan fingerprint density at radius 2 is 1.69 bits per heavy atom. The van der Waals surface area contributed by atoms with Crippen LogP contribution in [0.25, 0.3) is 11.2 Å². The number of anilines is 1. The molecule has 1 saturated heterocycles. The highest BCUT2D eigenvalue weighted by Crippen LogP contribution is 2.34. The van der Waals surface area contributed by atoms with E-state index in [9.17, 15) is 19.8 Å². The molecular formula is C23H39N9O7. The van der Waals surface area contributed by atoms with E-state index in [1.165, 1.54) is 17.2 Å². The van der Waals surface area contributed by atoms with E-state index >= 15 is 0 Å². The van der Waals surface area contributed by atoms with Gasteiger partial charge < -0.3 is 53.0 Å². The molecule has 1 aliphatic heterocycles. The van der Waals surface area contributed by atoms with Crippen molar-refractivity contribution in [2.75, 3.05) is 25.4 Å². The van der Waals surface area contributed by atoms with Crippen LogP contribution < -0.4 is 27.8 Å². The zero-order valence-electron chi connectivity index (χ0n) is 21.6. The van der Waals surface area contributed by atoms with Gasteiger partial charge >= 0.3 is 11.9 Å². The van der Waals surface area contributed by atoms with Crippen molar-refractivity contribution in [1.29, 1.82) is 0 Å². The zero-order valence-corrected chi connectivity index (χ0v) is 21.6. The summed E-state index contributed by atoms with van der Waals surface area (Å²) < 4.78 is 7.53. The first kappa shape index (κ1) is 30.6. The smallest absolute Gasteiger partial charge is 0.320 e. The van der Waals surface area contributed by atoms with Crippen LogP contribution >= 0.6 is 0 Å². The van der Waals surface area contributed by atoms with E-state index in [4.69, 9.17) is 32.2 Å². The molecule has 2 aromatic heterocycles. The third-order valence-electron chi connectivity index (χ3n) is 6.83. The summed E-state index contributed by atoms with van der Waals surface area (Å²) in [6, 6.07) is -2.14. The van der Waals surface area contributed by atoms with Crippen LogP contribution in [0.4, 0.5) is 5.82 Å². The van der Waals surface area contributed by atoms with Gasteiger partial charge in [0.25, 0.3) is 0 Å². The fourth-order valence-electron chi connectivity index (χ4n) is 4.53. The lowest BCUT2D eigenvalue weighted by atomic mass is 9.98. The predicted octanol–water partition coefficient (Wildman–Crippen LogP) is -2.26. The lowest BCUT2D eigenvalue weighted by molar-refractivity contribution is -0.139. The molecule has 0 bridgehead atoms. The Balaban J connectivity index is 1.54. The van der Waals surface area contributed by atoms with Crippen LogP contribution in [0.2, 0.25) is 0 Å². The number of nitrogens with one attached hydrogen (secondary N) is 2. The minimum atomic E-state index is -1.26. The van der Waals surface area contributed by atoms with Crippen LogP contribution in [-0.2, 0) is 14.3 Å². The molecule has 12 N–H and O–H groups in total. The molecule has 218 valence electrons. The molecule has 0 aliphatic carbocycles. The number of hydrogen-bond acceptors (Lipinski definition) is 13. The minimum Gasteiger partial charge on any atom is -0.480 e. The van der Waals surface area contributed by atoms with E-state index in [1.807, 2.05) is 0 Å². The average molecular weight is 554 g/mol. The van der Waals surface area contributed by atoms with E-state index in [1.54, 1.807) is 0 Å². The topological polar surface area (TPSA) is 270 Å². The maximum atomic E-state index is 11.2. The second-order valence-electron chi connectivity index (χ2n) is 9.73. The summed E-state index contributed by atoms with van der Waals surface area (Å²) in [5, 5.41) is 46.1. The highest BCUT2D eigenvalue weighted by Gasteiger charge is 2.45. The minimum absolute atomic E-state index is 0.180. The third kappa shape index (κ3) is 8.25. The second-order valence-corrected chi connectivity index (χ2v) is 9.73. The number of unbranched alkanes of at least 4 members (excludes halogenated alkanes) is 1. The van der Waals surface area contributed by atoms with Gasteiger partial charge in [-0.05, 0) is 38.6 Å². The standard InChI is InChI=1S/C23H39N9O7/c24-13(22(35)36)3-1-2-6-27-7-8-28-12(4-5-14(25)23(37)38)9-15-17(33)18(34)21(39-15)32-11-31-16-19(26)29-10-30-20(16)32/h10-15,17-18,21,27-28,33-34H,1-9,24-25H2,(H,35,36)(H,37,38)(H2,26,29,30)/t12-,13-,14-,15+,17?,18-,21+/m0/s1. The number of nitrogens with zero attached hydrogens (tertiary/aromatic N) is 4. The van der Waals surface area contributed by atoms with E-state index in [0.717, 1.165) is 6.42 Å². The molecule has 0 radical (unpaired) electrons. The van der Waals surface area contributed by atoms with Gasteiger partial charge in [0, 0.05) is 19.1 Å². The number of nitrogen functional groups attached to an aromatic ring is 1. The van der Waals surface area contributed by atoms with Crippen LogP contribution in [-0.4, -0.2) is 108 Å². The lowest BCUT2D eigenvalue weighted by Gasteiger charge is -2.24. The summed E-state index contributed by atoms with van der Waals surface area (Å²) in [5.74, 6) is -1.92. The van der Waals surface area contributed by atoms with Crippen molar-refractivity contribution in [2.45, 2.75) is 81.2 Å². The first-order valence-electron chi connectivity index (χ1n) is 13.0. The molecule has 0 spiro atoms. The van der Waals surface area contributed by atoms with Gasteiger partial charge in [-0.25, -0.2) is 15.0 Å². The lowest BCUT2D eigenvalue weighted by Crippen LogP contribution is -2.42. The van der Waals surface area contributed by atoms with Crippen molar-refractivity contribution < 1.29 is 34.8 Å². The Kier molecular flexibility index (Phi) is 11.3. The van der Waals surface area contributed by atoms with Crippen LogP contribution in [0.1, 0.15) is 44.8 Å². The number of nitrogens with two attached hydrogens (primary N) is 3. The number of ether oxygens (including phenoxy) is 1. The number of hydrogen-bond donors (Lipinski definition) is 9. The van der Waals surface area contributed by atoms with Gasteiger partial charge in [0.15, 0.2) is 17.7 Å². The number of fused-ring (bicyclic) bond motifs is 1. The van der Waals surface area contributed by atoms with Gasteiger partial charge in [-0.3, -0.25) is 14.2 Å². The molecular weight excluding hydrogens is 514 g/mol. The first-order valence-corrected chi connectivity index (χ1v) is 13.0. The maximum absolute atomic E-state index is 11.2. The van der Waals surface area contributed by atoms with Crippen molar-refractivity contribution in [1.82, 2.24) is 30.2 Å². The Morgan fingerprint density at radius 3 is 2.41 bits per heavy atom. The van der Waals surface area contributed by atoms with Gasteiger partial charge in [-0.2, -0.15) is 0 Å². The highest BCUT2D eigenvalue weighted by molar-refractivity contribution is 5.81. The molecule has 7 atom stereocenters. The SMILES string of the molecule is Nc1ncnc2c1ncn2[C@@H]1O[C@H](C[C@H](CC[C@H](N)C(=O)O)NCCNCCCC[C@H](N)C(=O)O)C(O)[C@@H]1O. The van der Waals surface area contributed by atoms with Gasteiger partial charge in [0.2, 0.25) is 0 Å². The molecule has 3 rings (SSSR count). The second kappa shape index (κ2) is 14.4. The molecule has 0 aromatic carbocycles. The Hall–Kier alpha value is -2.99. The van der Waals surface area contributed by atoms with Crippen molar-refractivity contribution in [3.63, 3.8) is 0 Å². The summed E-state index contributed by atoms with van der Waals surface area (Å²) in [7, 11) is 0. The van der Waals surface area contributed by atoms with Gasteiger partial charge in [-0.15, -0.1) is 0 Å². The normalized spacial score (nSPS) is 23.6. The number of carboxylic acids is 2. The monoisotopic (exact) mass is 553 g/mol. The molecule has 16 nitrogen and oxygen atoms in total. The molecule has 1 fully saturated rings. The highest BCUT2D eigenvalue weighted by atomic mass is 16.6. The van der Waals surface area contributed by atoms with Crippen LogP contribution in [0.5, 0.6) is 0 Å². The summed E-state index contributed by atoms with van der Waals surface area (Å²) in [4.78, 5) is 34.2. The maximum Gasteiger partial charge on any atom is 0.320 e. The number of aromatic nitrogens is 4. The Morgan fingerprint density at radius 1 is 0.974 bits per heavy atom. The quantitative estimate of drug-likeness (QED) is 0.0935.